The maximum absolute atomic E-state index is 11.9. The van der Waals surface area contributed by atoms with E-state index in [2.05, 4.69) is 0 Å². The predicted octanol–water partition coefficient (Wildman–Crippen LogP) is 2.95. The van der Waals surface area contributed by atoms with E-state index < -0.39 is 0 Å². The Hall–Kier alpha value is -2.29. The Bertz CT molecular complexity index is 756. The first-order chi connectivity index (χ1) is 8.29. The molecule has 0 amide bonds. The van der Waals surface area contributed by atoms with Crippen LogP contribution in [0, 0.1) is 0 Å². The van der Waals surface area contributed by atoms with Crippen LogP contribution in [0.2, 0.25) is 0 Å². The molecule has 0 N–H and O–H groups in total. The molecule has 3 rings (SSSR count). The smallest absolute Gasteiger partial charge is 0.288 e. The molecule has 0 atom stereocenters. The van der Waals surface area contributed by atoms with Gasteiger partial charge in [0, 0.05) is 5.39 Å². The monoisotopic (exact) mass is 226 g/mol. The molecule has 0 fully saturated rings. The van der Waals surface area contributed by atoms with Gasteiger partial charge in [0.25, 0.3) is 5.95 Å². The van der Waals surface area contributed by atoms with E-state index in [0.717, 1.165) is 10.8 Å². The second-order valence-corrected chi connectivity index (χ2v) is 3.80. The fourth-order valence-corrected chi connectivity index (χ4v) is 1.96. The van der Waals surface area contributed by atoms with Crippen LogP contribution in [0.15, 0.2) is 51.7 Å². The second kappa shape index (κ2) is 3.63. The van der Waals surface area contributed by atoms with Crippen LogP contribution in [0.4, 0.5) is 0 Å². The first-order valence-corrected chi connectivity index (χ1v) is 5.29. The Kier molecular flexibility index (Phi) is 2.11. The lowest BCUT2D eigenvalue weighted by molar-refractivity contribution is 0.310. The molecule has 0 unspecified atom stereocenters. The molecule has 84 valence electrons. The number of benzene rings is 2. The minimum absolute atomic E-state index is 0.0890. The van der Waals surface area contributed by atoms with Crippen molar-refractivity contribution < 1.29 is 9.15 Å². The van der Waals surface area contributed by atoms with E-state index in [9.17, 15) is 4.79 Å². The van der Waals surface area contributed by atoms with Crippen LogP contribution in [-0.2, 0) is 0 Å². The van der Waals surface area contributed by atoms with Gasteiger partial charge in [-0.05, 0) is 11.5 Å². The highest BCUT2D eigenvalue weighted by molar-refractivity contribution is 6.03. The molecule has 0 aliphatic rings. The van der Waals surface area contributed by atoms with Crippen molar-refractivity contribution in [2.75, 3.05) is 7.11 Å². The van der Waals surface area contributed by atoms with E-state index in [1.807, 2.05) is 30.3 Å². The van der Waals surface area contributed by atoms with Crippen LogP contribution in [0.5, 0.6) is 5.95 Å². The minimum Gasteiger partial charge on any atom is -0.468 e. The molecule has 0 radical (unpaired) electrons. The number of fused-ring (bicyclic) bond motifs is 3. The number of ether oxygens (including phenoxy) is 1. The zero-order valence-electron chi connectivity index (χ0n) is 9.27. The Morgan fingerprint density at radius 1 is 1.06 bits per heavy atom. The minimum atomic E-state index is -0.0890. The average molecular weight is 226 g/mol. The molecule has 1 heterocycles. The third-order valence-electron chi connectivity index (χ3n) is 2.80. The highest BCUT2D eigenvalue weighted by Crippen LogP contribution is 2.25. The zero-order valence-corrected chi connectivity index (χ0v) is 9.27. The van der Waals surface area contributed by atoms with Crippen molar-refractivity contribution >= 4 is 21.7 Å². The molecule has 3 nitrogen and oxygen atoms in total. The van der Waals surface area contributed by atoms with Crippen molar-refractivity contribution in [2.24, 2.45) is 0 Å². The van der Waals surface area contributed by atoms with E-state index >= 15 is 0 Å². The van der Waals surface area contributed by atoms with Crippen LogP contribution < -0.4 is 10.2 Å². The molecule has 0 bridgehead atoms. The van der Waals surface area contributed by atoms with E-state index in [-0.39, 0.29) is 11.4 Å². The molecule has 0 saturated carbocycles. The van der Waals surface area contributed by atoms with Gasteiger partial charge in [0.1, 0.15) is 5.58 Å². The van der Waals surface area contributed by atoms with Crippen molar-refractivity contribution in [3.05, 3.63) is 52.7 Å². The molecule has 0 aliphatic carbocycles. The molecule has 0 spiro atoms. The van der Waals surface area contributed by atoms with Crippen molar-refractivity contribution in [1.82, 2.24) is 0 Å². The largest absolute Gasteiger partial charge is 0.468 e. The Morgan fingerprint density at radius 3 is 2.71 bits per heavy atom. The lowest BCUT2D eigenvalue weighted by Gasteiger charge is -2.04. The van der Waals surface area contributed by atoms with Crippen molar-refractivity contribution in [2.45, 2.75) is 0 Å². The van der Waals surface area contributed by atoms with Gasteiger partial charge in [0.05, 0.1) is 18.6 Å². The Balaban J connectivity index is 2.56. The highest BCUT2D eigenvalue weighted by atomic mass is 16.6. The third-order valence-corrected chi connectivity index (χ3v) is 2.80. The summed E-state index contributed by atoms with van der Waals surface area (Å²) in [6, 6.07) is 12.8. The van der Waals surface area contributed by atoms with Gasteiger partial charge >= 0.3 is 0 Å². The fraction of sp³-hybridized carbons (Fsp3) is 0.0714. The van der Waals surface area contributed by atoms with E-state index in [4.69, 9.17) is 9.15 Å². The highest BCUT2D eigenvalue weighted by Gasteiger charge is 2.07. The average Bonchev–Trinajstić information content (AvgIpc) is 2.38. The summed E-state index contributed by atoms with van der Waals surface area (Å²) in [6.45, 7) is 0. The van der Waals surface area contributed by atoms with Gasteiger partial charge in [-0.15, -0.1) is 0 Å². The van der Waals surface area contributed by atoms with Gasteiger partial charge in [-0.2, -0.15) is 0 Å². The van der Waals surface area contributed by atoms with Gasteiger partial charge in [-0.3, -0.25) is 4.79 Å². The molecule has 0 aliphatic heterocycles. The molecule has 17 heavy (non-hydrogen) atoms. The SMILES string of the molecule is COc1cc(=O)c2ccc3ccccc3c2o1. The zero-order chi connectivity index (χ0) is 11.8. The predicted molar refractivity (Wildman–Crippen MR) is 66.5 cm³/mol. The lowest BCUT2D eigenvalue weighted by atomic mass is 10.1. The van der Waals surface area contributed by atoms with Crippen LogP contribution >= 0.6 is 0 Å². The summed E-state index contributed by atoms with van der Waals surface area (Å²) in [5.74, 6) is 0.235. The van der Waals surface area contributed by atoms with Crippen LogP contribution in [0.3, 0.4) is 0 Å². The maximum Gasteiger partial charge on any atom is 0.288 e. The normalized spacial score (nSPS) is 10.9. The van der Waals surface area contributed by atoms with Crippen LogP contribution in [0.25, 0.3) is 21.7 Å². The molecule has 1 aromatic heterocycles. The van der Waals surface area contributed by atoms with Crippen LogP contribution in [0.1, 0.15) is 0 Å². The Morgan fingerprint density at radius 2 is 1.88 bits per heavy atom. The summed E-state index contributed by atoms with van der Waals surface area (Å²) in [6.07, 6.45) is 0. The quantitative estimate of drug-likeness (QED) is 0.599. The molecule has 3 aromatic rings. The number of hydrogen-bond acceptors (Lipinski definition) is 3. The second-order valence-electron chi connectivity index (χ2n) is 3.80. The summed E-state index contributed by atoms with van der Waals surface area (Å²) in [7, 11) is 1.48. The third kappa shape index (κ3) is 1.47. The summed E-state index contributed by atoms with van der Waals surface area (Å²) in [5, 5.41) is 2.53. The lowest BCUT2D eigenvalue weighted by Crippen LogP contribution is -2.00. The number of rotatable bonds is 1. The van der Waals surface area contributed by atoms with Gasteiger partial charge in [0.2, 0.25) is 0 Å². The molecule has 3 heteroatoms. The van der Waals surface area contributed by atoms with Crippen molar-refractivity contribution in [3.63, 3.8) is 0 Å². The molecule has 0 saturated heterocycles. The first kappa shape index (κ1) is 9.90. The van der Waals surface area contributed by atoms with E-state index in [0.29, 0.717) is 11.0 Å². The fourth-order valence-electron chi connectivity index (χ4n) is 1.96. The van der Waals surface area contributed by atoms with Gasteiger partial charge in [-0.1, -0.05) is 30.3 Å². The number of hydrogen-bond donors (Lipinski definition) is 0. The topological polar surface area (TPSA) is 39.4 Å². The molecular weight excluding hydrogens is 216 g/mol. The first-order valence-electron chi connectivity index (χ1n) is 5.29. The van der Waals surface area contributed by atoms with Crippen LogP contribution in [-0.4, -0.2) is 7.11 Å². The molecular formula is C14H10O3. The van der Waals surface area contributed by atoms with Gasteiger partial charge in [0.15, 0.2) is 5.43 Å². The van der Waals surface area contributed by atoms with Crippen molar-refractivity contribution in [3.8, 4) is 5.95 Å². The van der Waals surface area contributed by atoms with E-state index in [1.54, 1.807) is 6.07 Å². The van der Waals surface area contributed by atoms with Gasteiger partial charge < -0.3 is 9.15 Å². The van der Waals surface area contributed by atoms with E-state index in [1.165, 1.54) is 13.2 Å². The van der Waals surface area contributed by atoms with Gasteiger partial charge in [-0.25, -0.2) is 0 Å². The summed E-state index contributed by atoms with van der Waals surface area (Å²) >= 11 is 0. The summed E-state index contributed by atoms with van der Waals surface area (Å²) in [5.41, 5.74) is 0.487. The summed E-state index contributed by atoms with van der Waals surface area (Å²) < 4.78 is 10.6. The standard InChI is InChI=1S/C14H10O3/c1-16-13-8-12(15)11-7-6-9-4-2-3-5-10(9)14(11)17-13/h2-8H,1H3. The maximum atomic E-state index is 11.9. The molecule has 2 aromatic carbocycles. The van der Waals surface area contributed by atoms with Crippen molar-refractivity contribution in [1.29, 1.82) is 0 Å². The number of methoxy groups -OCH3 is 1. The Labute approximate surface area is 97.2 Å². The summed E-state index contributed by atoms with van der Waals surface area (Å²) in [4.78, 5) is 11.9.